The van der Waals surface area contributed by atoms with Gasteiger partial charge in [0.25, 0.3) is 0 Å². The van der Waals surface area contributed by atoms with Gasteiger partial charge in [0.2, 0.25) is 5.91 Å². The number of carbonyl (C=O) groups is 3. The third-order valence-electron chi connectivity index (χ3n) is 4.82. The molecule has 1 amide bonds. The van der Waals surface area contributed by atoms with Crippen LogP contribution in [0.3, 0.4) is 0 Å². The molecule has 0 bridgehead atoms. The van der Waals surface area contributed by atoms with Gasteiger partial charge >= 0.3 is 11.9 Å². The summed E-state index contributed by atoms with van der Waals surface area (Å²) in [7, 11) is 1.29. The summed E-state index contributed by atoms with van der Waals surface area (Å²) < 4.78 is 9.91. The fourth-order valence-corrected chi connectivity index (χ4v) is 3.35. The number of esters is 2. The van der Waals surface area contributed by atoms with Gasteiger partial charge in [-0.15, -0.1) is 0 Å². The summed E-state index contributed by atoms with van der Waals surface area (Å²) in [6.45, 7) is 2.20. The van der Waals surface area contributed by atoms with Gasteiger partial charge in [-0.3, -0.25) is 9.69 Å². The first-order valence-electron chi connectivity index (χ1n) is 9.95. The summed E-state index contributed by atoms with van der Waals surface area (Å²) >= 11 is 0. The van der Waals surface area contributed by atoms with E-state index >= 15 is 0 Å². The van der Waals surface area contributed by atoms with Gasteiger partial charge in [-0.25, -0.2) is 9.59 Å². The number of methoxy groups -OCH3 is 1. The first-order chi connectivity index (χ1) is 15.0. The predicted octanol–water partition coefficient (Wildman–Crippen LogP) is 3.08. The van der Waals surface area contributed by atoms with Crippen molar-refractivity contribution < 1.29 is 28.7 Å². The Morgan fingerprint density at radius 2 is 1.97 bits per heavy atom. The fourth-order valence-electron chi connectivity index (χ4n) is 3.35. The highest BCUT2D eigenvalue weighted by Crippen LogP contribution is 2.30. The second-order valence-corrected chi connectivity index (χ2v) is 6.83. The Kier molecular flexibility index (Phi) is 7.37. The molecule has 0 spiro atoms. The van der Waals surface area contributed by atoms with Crippen LogP contribution in [-0.2, 0) is 30.5 Å². The van der Waals surface area contributed by atoms with Crippen molar-refractivity contribution >= 4 is 29.7 Å². The third-order valence-corrected chi connectivity index (χ3v) is 4.82. The third kappa shape index (κ3) is 5.28. The highest BCUT2D eigenvalue weighted by atomic mass is 16.6. The molecule has 1 atom stereocenters. The van der Waals surface area contributed by atoms with Crippen LogP contribution in [-0.4, -0.2) is 43.8 Å². The van der Waals surface area contributed by atoms with Gasteiger partial charge < -0.3 is 14.3 Å². The van der Waals surface area contributed by atoms with E-state index < -0.39 is 18.0 Å². The topological polar surface area (TPSA) is 94.5 Å². The summed E-state index contributed by atoms with van der Waals surface area (Å²) in [6.07, 6.45) is 2.00. The Labute approximate surface area is 180 Å². The summed E-state index contributed by atoms with van der Waals surface area (Å²) in [5, 5.41) is 4.00. The molecule has 8 heteroatoms. The lowest BCUT2D eigenvalue weighted by Gasteiger charge is -2.25. The standard InChI is InChI=1S/C23H24N2O6/c1-3-30-23(28)20-11-12-21(26)25(20)19-10-9-17(22(27)29-2)13-18(19)14-24-31-15-16-7-5-4-6-8-16/h4-10,13-14,20H,3,11-12,15H2,1-2H3/b24-14-/t20-/m0/s1. The Balaban J connectivity index is 1.89. The van der Waals surface area contributed by atoms with Gasteiger partial charge in [0.05, 0.1) is 31.2 Å². The molecule has 3 rings (SSSR count). The predicted molar refractivity (Wildman–Crippen MR) is 114 cm³/mol. The van der Waals surface area contributed by atoms with E-state index in [0.29, 0.717) is 17.7 Å². The molecule has 1 saturated heterocycles. The molecule has 2 aromatic carbocycles. The molecule has 1 fully saturated rings. The van der Waals surface area contributed by atoms with Gasteiger partial charge in [-0.1, -0.05) is 35.5 Å². The van der Waals surface area contributed by atoms with E-state index in [4.69, 9.17) is 14.3 Å². The average Bonchev–Trinajstić information content (AvgIpc) is 3.18. The van der Waals surface area contributed by atoms with Crippen LogP contribution in [0.4, 0.5) is 5.69 Å². The maximum absolute atomic E-state index is 12.6. The van der Waals surface area contributed by atoms with E-state index in [-0.39, 0.29) is 31.1 Å². The van der Waals surface area contributed by atoms with E-state index in [1.807, 2.05) is 30.3 Å². The summed E-state index contributed by atoms with van der Waals surface area (Å²) in [4.78, 5) is 43.7. The van der Waals surface area contributed by atoms with Crippen molar-refractivity contribution in [2.45, 2.75) is 32.4 Å². The van der Waals surface area contributed by atoms with Crippen molar-refractivity contribution in [3.05, 3.63) is 65.2 Å². The van der Waals surface area contributed by atoms with Crippen LogP contribution in [0.5, 0.6) is 0 Å². The average molecular weight is 424 g/mol. The minimum Gasteiger partial charge on any atom is -0.465 e. The van der Waals surface area contributed by atoms with E-state index in [1.165, 1.54) is 24.3 Å². The lowest BCUT2D eigenvalue weighted by atomic mass is 10.1. The maximum atomic E-state index is 12.6. The molecule has 1 heterocycles. The quantitative estimate of drug-likeness (QED) is 0.367. The van der Waals surface area contributed by atoms with E-state index in [2.05, 4.69) is 5.16 Å². The van der Waals surface area contributed by atoms with Crippen molar-refractivity contribution in [2.75, 3.05) is 18.6 Å². The van der Waals surface area contributed by atoms with Gasteiger partial charge in [0, 0.05) is 12.0 Å². The minimum atomic E-state index is -0.728. The maximum Gasteiger partial charge on any atom is 0.337 e. The number of benzene rings is 2. The van der Waals surface area contributed by atoms with Crippen molar-refractivity contribution in [2.24, 2.45) is 5.16 Å². The number of carbonyl (C=O) groups excluding carboxylic acids is 3. The van der Waals surface area contributed by atoms with Crippen LogP contribution in [0.15, 0.2) is 53.7 Å². The second-order valence-electron chi connectivity index (χ2n) is 6.83. The molecule has 1 aliphatic rings. The molecular formula is C23H24N2O6. The fraction of sp³-hybridized carbons (Fsp3) is 0.304. The van der Waals surface area contributed by atoms with Gasteiger partial charge in [0.1, 0.15) is 12.6 Å². The molecule has 0 saturated carbocycles. The van der Waals surface area contributed by atoms with E-state index in [1.54, 1.807) is 19.1 Å². The number of ether oxygens (including phenoxy) is 2. The minimum absolute atomic E-state index is 0.205. The van der Waals surface area contributed by atoms with Crippen molar-refractivity contribution in [1.82, 2.24) is 0 Å². The van der Waals surface area contributed by atoms with E-state index in [0.717, 1.165) is 5.56 Å². The number of hydrogen-bond acceptors (Lipinski definition) is 7. The van der Waals surface area contributed by atoms with Crippen molar-refractivity contribution in [3.8, 4) is 0 Å². The summed E-state index contributed by atoms with van der Waals surface area (Å²) in [5.41, 5.74) is 2.12. The lowest BCUT2D eigenvalue weighted by molar-refractivity contribution is -0.144. The van der Waals surface area contributed by atoms with Crippen LogP contribution >= 0.6 is 0 Å². The number of hydrogen-bond donors (Lipinski definition) is 0. The number of amides is 1. The summed E-state index contributed by atoms with van der Waals surface area (Å²) in [5.74, 6) is -1.20. The molecule has 2 aromatic rings. The van der Waals surface area contributed by atoms with Crippen LogP contribution in [0.25, 0.3) is 0 Å². The van der Waals surface area contributed by atoms with Crippen LogP contribution < -0.4 is 4.90 Å². The number of oxime groups is 1. The Bertz CT molecular complexity index is 973. The Hall–Kier alpha value is -3.68. The monoisotopic (exact) mass is 424 g/mol. The number of rotatable bonds is 8. The largest absolute Gasteiger partial charge is 0.465 e. The molecule has 162 valence electrons. The molecular weight excluding hydrogens is 400 g/mol. The van der Waals surface area contributed by atoms with Gasteiger partial charge in [-0.2, -0.15) is 0 Å². The number of anilines is 1. The molecule has 8 nitrogen and oxygen atoms in total. The smallest absolute Gasteiger partial charge is 0.337 e. The molecule has 0 radical (unpaired) electrons. The Morgan fingerprint density at radius 1 is 1.19 bits per heavy atom. The summed E-state index contributed by atoms with van der Waals surface area (Å²) in [6, 6.07) is 13.5. The molecule has 0 N–H and O–H groups in total. The van der Waals surface area contributed by atoms with Crippen LogP contribution in [0.1, 0.15) is 41.3 Å². The van der Waals surface area contributed by atoms with E-state index in [9.17, 15) is 14.4 Å². The Morgan fingerprint density at radius 3 is 2.68 bits per heavy atom. The van der Waals surface area contributed by atoms with Crippen molar-refractivity contribution in [1.29, 1.82) is 0 Å². The number of nitrogens with zero attached hydrogens (tertiary/aromatic N) is 2. The first-order valence-corrected chi connectivity index (χ1v) is 9.95. The molecule has 0 aromatic heterocycles. The van der Waals surface area contributed by atoms with Crippen LogP contribution in [0.2, 0.25) is 0 Å². The first kappa shape index (κ1) is 22.0. The zero-order chi connectivity index (χ0) is 22.2. The molecule has 31 heavy (non-hydrogen) atoms. The molecule has 0 aliphatic carbocycles. The SMILES string of the molecule is CCOC(=O)[C@@H]1CCC(=O)N1c1ccc(C(=O)OC)cc1/C=N\OCc1ccccc1. The zero-order valence-corrected chi connectivity index (χ0v) is 17.4. The van der Waals surface area contributed by atoms with Gasteiger partial charge in [-0.05, 0) is 37.1 Å². The lowest BCUT2D eigenvalue weighted by Crippen LogP contribution is -2.40. The molecule has 0 unspecified atom stereocenters. The highest BCUT2D eigenvalue weighted by molar-refractivity contribution is 6.06. The van der Waals surface area contributed by atoms with Crippen molar-refractivity contribution in [3.63, 3.8) is 0 Å². The zero-order valence-electron chi connectivity index (χ0n) is 17.4. The highest BCUT2D eigenvalue weighted by Gasteiger charge is 2.39. The van der Waals surface area contributed by atoms with Crippen LogP contribution in [0, 0.1) is 0 Å². The van der Waals surface area contributed by atoms with Gasteiger partial charge in [0.15, 0.2) is 0 Å². The normalized spacial score (nSPS) is 15.9. The second kappa shape index (κ2) is 10.4. The molecule has 1 aliphatic heterocycles.